The van der Waals surface area contributed by atoms with E-state index in [1.54, 1.807) is 24.3 Å². The van der Waals surface area contributed by atoms with Gasteiger partial charge in [-0.05, 0) is 74.7 Å². The van der Waals surface area contributed by atoms with Crippen molar-refractivity contribution in [1.29, 1.82) is 5.26 Å². The minimum atomic E-state index is -0.310. The van der Waals surface area contributed by atoms with Crippen molar-refractivity contribution in [3.8, 4) is 17.5 Å². The van der Waals surface area contributed by atoms with Gasteiger partial charge in [-0.25, -0.2) is 4.39 Å². The van der Waals surface area contributed by atoms with Gasteiger partial charge < -0.3 is 14.6 Å². The zero-order valence-corrected chi connectivity index (χ0v) is 19.5. The molecule has 1 heterocycles. The molecular formula is C28H28FN3O2. The van der Waals surface area contributed by atoms with Gasteiger partial charge in [-0.15, -0.1) is 0 Å². The van der Waals surface area contributed by atoms with Crippen LogP contribution in [0, 0.1) is 31.0 Å². The number of amides is 1. The molecule has 1 amide bonds. The number of nitriles is 1. The van der Waals surface area contributed by atoms with Gasteiger partial charge in [-0.1, -0.05) is 31.0 Å². The highest BCUT2D eigenvalue weighted by Gasteiger charge is 2.20. The first-order chi connectivity index (χ1) is 16.5. The lowest BCUT2D eigenvalue weighted by atomic mass is 10.1. The summed E-state index contributed by atoms with van der Waals surface area (Å²) in [5, 5.41) is 12.6. The van der Waals surface area contributed by atoms with Crippen LogP contribution in [0.2, 0.25) is 0 Å². The molecule has 34 heavy (non-hydrogen) atoms. The van der Waals surface area contributed by atoms with Crippen LogP contribution in [0.5, 0.6) is 5.75 Å². The number of ether oxygens (including phenoxy) is 1. The average Bonchev–Trinajstić information content (AvgIpc) is 3.44. The Morgan fingerprint density at radius 1 is 1.18 bits per heavy atom. The van der Waals surface area contributed by atoms with E-state index in [0.717, 1.165) is 48.3 Å². The second-order valence-corrected chi connectivity index (χ2v) is 8.66. The summed E-state index contributed by atoms with van der Waals surface area (Å²) < 4.78 is 21.6. The Morgan fingerprint density at radius 2 is 1.88 bits per heavy atom. The molecule has 1 aromatic heterocycles. The van der Waals surface area contributed by atoms with Gasteiger partial charge in [0.2, 0.25) is 0 Å². The van der Waals surface area contributed by atoms with Crippen LogP contribution in [-0.4, -0.2) is 16.5 Å². The van der Waals surface area contributed by atoms with Crippen LogP contribution in [0.1, 0.15) is 48.2 Å². The molecule has 1 saturated carbocycles. The minimum absolute atomic E-state index is 0.115. The third-order valence-electron chi connectivity index (χ3n) is 6.27. The van der Waals surface area contributed by atoms with E-state index in [0.29, 0.717) is 11.3 Å². The highest BCUT2D eigenvalue weighted by molar-refractivity contribution is 6.02. The van der Waals surface area contributed by atoms with E-state index in [1.165, 1.54) is 6.07 Å². The number of carbonyl (C=O) groups is 1. The third-order valence-corrected chi connectivity index (χ3v) is 6.27. The van der Waals surface area contributed by atoms with Crippen LogP contribution < -0.4 is 10.1 Å². The van der Waals surface area contributed by atoms with Gasteiger partial charge in [-0.3, -0.25) is 4.79 Å². The molecule has 0 radical (unpaired) electrons. The lowest BCUT2D eigenvalue weighted by Gasteiger charge is -2.12. The summed E-state index contributed by atoms with van der Waals surface area (Å²) in [6.45, 7) is 4.10. The first-order valence-electron chi connectivity index (χ1n) is 11.5. The van der Waals surface area contributed by atoms with Crippen molar-refractivity contribution < 1.29 is 13.9 Å². The Hall–Kier alpha value is -3.85. The van der Waals surface area contributed by atoms with E-state index in [1.807, 2.05) is 44.2 Å². The number of aromatic nitrogens is 1. The van der Waals surface area contributed by atoms with Crippen LogP contribution in [0.3, 0.4) is 0 Å². The number of halogens is 1. The van der Waals surface area contributed by atoms with Gasteiger partial charge >= 0.3 is 0 Å². The summed E-state index contributed by atoms with van der Waals surface area (Å²) in [6.07, 6.45) is 5.84. The average molecular weight is 458 g/mol. The van der Waals surface area contributed by atoms with Crippen LogP contribution >= 0.6 is 0 Å². The number of nitrogens with one attached hydrogen (secondary N) is 1. The standard InChI is InChI=1S/C28H28FN3O2/c1-19-15-22(16-23(17-30)28(33)31-24-8-4-5-9-24)20(2)32(19)25-11-13-26(14-12-25)34-18-21-7-3-6-10-27(21)29/h3,6-7,10-16,24H,4-5,8-9,18H2,1-2H3,(H,31,33)/b23-16-. The maximum absolute atomic E-state index is 13.8. The molecule has 1 aliphatic rings. The van der Waals surface area contributed by atoms with Crippen molar-refractivity contribution in [3.05, 3.63) is 88.5 Å². The quantitative estimate of drug-likeness (QED) is 0.361. The molecule has 4 rings (SSSR count). The summed E-state index contributed by atoms with van der Waals surface area (Å²) in [6, 6.07) is 18.3. The van der Waals surface area contributed by atoms with Crippen molar-refractivity contribution >= 4 is 12.0 Å². The van der Waals surface area contributed by atoms with E-state index in [2.05, 4.69) is 16.0 Å². The summed E-state index contributed by atoms with van der Waals surface area (Å²) in [5.41, 5.74) is 4.29. The Bertz CT molecular complexity index is 1250. The number of aryl methyl sites for hydroxylation is 1. The first kappa shape index (κ1) is 23.3. The minimum Gasteiger partial charge on any atom is -0.489 e. The normalized spacial score (nSPS) is 14.1. The van der Waals surface area contributed by atoms with Gasteiger partial charge in [0, 0.05) is 28.7 Å². The Morgan fingerprint density at radius 3 is 2.56 bits per heavy atom. The van der Waals surface area contributed by atoms with Gasteiger partial charge in [0.15, 0.2) is 0 Å². The maximum Gasteiger partial charge on any atom is 0.262 e. The second-order valence-electron chi connectivity index (χ2n) is 8.66. The molecule has 1 fully saturated rings. The SMILES string of the molecule is Cc1cc(/C=C(/C#N)C(=O)NC2CCCC2)c(C)n1-c1ccc(OCc2ccccc2F)cc1. The van der Waals surface area contributed by atoms with E-state index in [4.69, 9.17) is 4.74 Å². The van der Waals surface area contributed by atoms with Gasteiger partial charge in [0.05, 0.1) is 0 Å². The van der Waals surface area contributed by atoms with Crippen LogP contribution in [-0.2, 0) is 11.4 Å². The number of rotatable bonds is 7. The second kappa shape index (κ2) is 10.4. The molecule has 6 heteroatoms. The van der Waals surface area contributed by atoms with Crippen molar-refractivity contribution in [2.45, 2.75) is 52.2 Å². The fourth-order valence-electron chi connectivity index (χ4n) is 4.44. The third kappa shape index (κ3) is 5.20. The van der Waals surface area contributed by atoms with E-state index >= 15 is 0 Å². The summed E-state index contributed by atoms with van der Waals surface area (Å²) in [7, 11) is 0. The molecular weight excluding hydrogens is 429 g/mol. The van der Waals surface area contributed by atoms with Crippen molar-refractivity contribution in [3.63, 3.8) is 0 Å². The molecule has 0 spiro atoms. The summed E-state index contributed by atoms with van der Waals surface area (Å²) in [4.78, 5) is 12.6. The first-order valence-corrected chi connectivity index (χ1v) is 11.5. The lowest BCUT2D eigenvalue weighted by molar-refractivity contribution is -0.117. The van der Waals surface area contributed by atoms with Crippen molar-refractivity contribution in [1.82, 2.24) is 9.88 Å². The van der Waals surface area contributed by atoms with Gasteiger partial charge in [0.25, 0.3) is 5.91 Å². The molecule has 0 aliphatic heterocycles. The Balaban J connectivity index is 1.50. The number of hydrogen-bond donors (Lipinski definition) is 1. The molecule has 1 aliphatic carbocycles. The molecule has 0 unspecified atom stereocenters. The predicted octanol–water partition coefficient (Wildman–Crippen LogP) is 5.78. The molecule has 174 valence electrons. The number of nitrogens with zero attached hydrogens (tertiary/aromatic N) is 2. The zero-order chi connectivity index (χ0) is 24.1. The summed E-state index contributed by atoms with van der Waals surface area (Å²) in [5.74, 6) is 0.0486. The monoisotopic (exact) mass is 457 g/mol. The fourth-order valence-corrected chi connectivity index (χ4v) is 4.44. The lowest BCUT2D eigenvalue weighted by Crippen LogP contribution is -2.33. The molecule has 0 saturated heterocycles. The van der Waals surface area contributed by atoms with E-state index in [-0.39, 0.29) is 29.9 Å². The van der Waals surface area contributed by atoms with Gasteiger partial charge in [-0.2, -0.15) is 5.26 Å². The van der Waals surface area contributed by atoms with E-state index in [9.17, 15) is 14.4 Å². The molecule has 3 aromatic rings. The topological polar surface area (TPSA) is 67.0 Å². The highest BCUT2D eigenvalue weighted by Crippen LogP contribution is 2.25. The number of hydrogen-bond acceptors (Lipinski definition) is 3. The van der Waals surface area contributed by atoms with Crippen LogP contribution in [0.4, 0.5) is 4.39 Å². The molecule has 0 atom stereocenters. The number of benzene rings is 2. The Labute approximate surface area is 199 Å². The predicted molar refractivity (Wildman–Crippen MR) is 130 cm³/mol. The maximum atomic E-state index is 13.8. The molecule has 1 N–H and O–H groups in total. The van der Waals surface area contributed by atoms with Crippen LogP contribution in [0.15, 0.2) is 60.2 Å². The molecule has 5 nitrogen and oxygen atoms in total. The van der Waals surface area contributed by atoms with Gasteiger partial charge in [0.1, 0.15) is 29.8 Å². The van der Waals surface area contributed by atoms with E-state index < -0.39 is 0 Å². The summed E-state index contributed by atoms with van der Waals surface area (Å²) >= 11 is 0. The Kier molecular flexibility index (Phi) is 7.12. The molecule has 0 bridgehead atoms. The fraction of sp³-hybridized carbons (Fsp3) is 0.286. The van der Waals surface area contributed by atoms with Crippen molar-refractivity contribution in [2.75, 3.05) is 0 Å². The number of carbonyl (C=O) groups excluding carboxylic acids is 1. The van der Waals surface area contributed by atoms with Crippen molar-refractivity contribution in [2.24, 2.45) is 0 Å². The highest BCUT2D eigenvalue weighted by atomic mass is 19.1. The zero-order valence-electron chi connectivity index (χ0n) is 19.5. The molecule has 2 aromatic carbocycles. The van der Waals surface area contributed by atoms with Crippen LogP contribution in [0.25, 0.3) is 11.8 Å². The smallest absolute Gasteiger partial charge is 0.262 e. The largest absolute Gasteiger partial charge is 0.489 e.